The summed E-state index contributed by atoms with van der Waals surface area (Å²) >= 11 is 4.70. The summed E-state index contributed by atoms with van der Waals surface area (Å²) in [5.74, 6) is 0.126. The maximum atomic E-state index is 12.1. The number of carbonyl (C=O) groups is 2. The van der Waals surface area contributed by atoms with Crippen molar-refractivity contribution in [1.29, 1.82) is 0 Å². The van der Waals surface area contributed by atoms with Gasteiger partial charge in [-0.2, -0.15) is 0 Å². The van der Waals surface area contributed by atoms with Gasteiger partial charge in [-0.15, -0.1) is 11.3 Å². The fourth-order valence-electron chi connectivity index (χ4n) is 2.93. The number of aliphatic imine (C=N–C) groups is 1. The molecule has 7 nitrogen and oxygen atoms in total. The van der Waals surface area contributed by atoms with Crippen LogP contribution in [0.3, 0.4) is 0 Å². The van der Waals surface area contributed by atoms with Crippen LogP contribution in [0.2, 0.25) is 0 Å². The van der Waals surface area contributed by atoms with Gasteiger partial charge >= 0.3 is 5.97 Å². The normalized spacial score (nSPS) is 14.5. The van der Waals surface area contributed by atoms with E-state index < -0.39 is 0 Å². The van der Waals surface area contributed by atoms with Gasteiger partial charge in [0.05, 0.1) is 18.7 Å². The Morgan fingerprint density at radius 3 is 2.68 bits per heavy atom. The molecule has 10 heteroatoms. The molecule has 1 aromatic carbocycles. The van der Waals surface area contributed by atoms with E-state index >= 15 is 0 Å². The van der Waals surface area contributed by atoms with Crippen LogP contribution in [-0.2, 0) is 14.3 Å². The first-order valence-corrected chi connectivity index (χ1v) is 11.3. The summed E-state index contributed by atoms with van der Waals surface area (Å²) in [5, 5.41) is 2.86. The highest BCUT2D eigenvalue weighted by Gasteiger charge is 2.32. The lowest BCUT2D eigenvalue weighted by molar-refractivity contribution is -0.138. The average molecular weight is 511 g/mol. The third-order valence-electron chi connectivity index (χ3n) is 4.04. The molecule has 0 unspecified atom stereocenters. The van der Waals surface area contributed by atoms with Gasteiger partial charge in [0.25, 0.3) is 0 Å². The highest BCUT2D eigenvalue weighted by Crippen LogP contribution is 2.31. The van der Waals surface area contributed by atoms with Crippen LogP contribution in [0, 0.1) is 5.82 Å². The molecule has 2 aromatic rings. The SMILES string of the molecule is CC(N)=O.CCOC(=O)C1=C2CCCN2C(c2nccs2)=NC1.Fc1cccc(Br)c1. The fourth-order valence-corrected chi connectivity index (χ4v) is 3.95. The molecule has 0 atom stereocenters. The van der Waals surface area contributed by atoms with E-state index in [1.54, 1.807) is 29.7 Å². The molecule has 0 bridgehead atoms. The van der Waals surface area contributed by atoms with Gasteiger partial charge < -0.3 is 15.4 Å². The minimum absolute atomic E-state index is 0.209. The number of hydrogen-bond acceptors (Lipinski definition) is 7. The third-order valence-corrected chi connectivity index (χ3v) is 5.31. The van der Waals surface area contributed by atoms with Crippen molar-refractivity contribution in [2.24, 2.45) is 10.7 Å². The number of thiazole rings is 1. The molecule has 2 aliphatic rings. The van der Waals surface area contributed by atoms with Crippen molar-refractivity contribution < 1.29 is 18.7 Å². The van der Waals surface area contributed by atoms with E-state index in [1.807, 2.05) is 12.3 Å². The van der Waals surface area contributed by atoms with E-state index in [1.165, 1.54) is 19.1 Å². The summed E-state index contributed by atoms with van der Waals surface area (Å²) in [5.41, 5.74) is 6.25. The van der Waals surface area contributed by atoms with Crippen LogP contribution < -0.4 is 5.73 Å². The van der Waals surface area contributed by atoms with E-state index in [0.29, 0.717) is 18.7 Å². The van der Waals surface area contributed by atoms with Crippen LogP contribution >= 0.6 is 27.3 Å². The van der Waals surface area contributed by atoms with E-state index in [0.717, 1.165) is 40.4 Å². The summed E-state index contributed by atoms with van der Waals surface area (Å²) < 4.78 is 18.0. The number of rotatable bonds is 3. The first-order chi connectivity index (χ1) is 14.8. The molecule has 0 spiro atoms. The number of allylic oxidation sites excluding steroid dienone is 1. The van der Waals surface area contributed by atoms with E-state index in [2.05, 4.69) is 36.5 Å². The second-order valence-electron chi connectivity index (χ2n) is 6.43. The number of nitrogens with two attached hydrogens (primary N) is 1. The molecular formula is C21H24BrFN4O3S. The number of nitrogens with zero attached hydrogens (tertiary/aromatic N) is 3. The second-order valence-corrected chi connectivity index (χ2v) is 8.24. The molecule has 0 radical (unpaired) electrons. The van der Waals surface area contributed by atoms with Crippen molar-refractivity contribution in [3.63, 3.8) is 0 Å². The molecule has 2 aliphatic heterocycles. The third kappa shape index (κ3) is 7.55. The van der Waals surface area contributed by atoms with Gasteiger partial charge in [-0.1, -0.05) is 22.0 Å². The largest absolute Gasteiger partial charge is 0.463 e. The first kappa shape index (κ1) is 24.7. The van der Waals surface area contributed by atoms with E-state index in [9.17, 15) is 14.0 Å². The lowest BCUT2D eigenvalue weighted by atomic mass is 10.1. The minimum Gasteiger partial charge on any atom is -0.463 e. The standard InChI is InChI=1S/C13H15N3O2S.C6H4BrF.C2H5NO/c1-2-18-13(17)9-8-15-11(12-14-5-7-19-12)16-6-3-4-10(9)16;7-5-2-1-3-6(8)4-5;1-2(3)4/h5,7H,2-4,6,8H2,1H3;1-4H;1H3,(H2,3,4). The molecule has 1 aromatic heterocycles. The van der Waals surface area contributed by atoms with Crippen LogP contribution in [0.15, 0.2) is 56.6 Å². The topological polar surface area (TPSA) is 97.9 Å². The number of carbonyl (C=O) groups excluding carboxylic acids is 2. The Morgan fingerprint density at radius 1 is 1.39 bits per heavy atom. The number of esters is 1. The first-order valence-electron chi connectivity index (χ1n) is 9.61. The fraction of sp³-hybridized carbons (Fsp3) is 0.333. The van der Waals surface area contributed by atoms with Crippen molar-refractivity contribution in [3.05, 3.63) is 62.4 Å². The summed E-state index contributed by atoms with van der Waals surface area (Å²) in [6.07, 6.45) is 3.74. The van der Waals surface area contributed by atoms with Crippen molar-refractivity contribution in [2.45, 2.75) is 26.7 Å². The van der Waals surface area contributed by atoms with Crippen molar-refractivity contribution in [1.82, 2.24) is 9.88 Å². The number of benzene rings is 1. The highest BCUT2D eigenvalue weighted by molar-refractivity contribution is 9.10. The van der Waals surface area contributed by atoms with Gasteiger partial charge in [0.2, 0.25) is 5.91 Å². The van der Waals surface area contributed by atoms with Crippen LogP contribution in [0.5, 0.6) is 0 Å². The number of hydrogen-bond donors (Lipinski definition) is 1. The molecule has 1 amide bonds. The smallest absolute Gasteiger partial charge is 0.337 e. The molecule has 1 saturated heterocycles. The van der Waals surface area contributed by atoms with Gasteiger partial charge in [-0.3, -0.25) is 9.79 Å². The van der Waals surface area contributed by atoms with Gasteiger partial charge in [0.1, 0.15) is 5.82 Å². The van der Waals surface area contributed by atoms with Gasteiger partial charge in [0.15, 0.2) is 10.8 Å². The zero-order chi connectivity index (χ0) is 22.8. The molecule has 1 fully saturated rings. The van der Waals surface area contributed by atoms with Crippen molar-refractivity contribution in [2.75, 3.05) is 19.7 Å². The lowest BCUT2D eigenvalue weighted by Crippen LogP contribution is -2.33. The summed E-state index contributed by atoms with van der Waals surface area (Å²) in [7, 11) is 0. The van der Waals surface area contributed by atoms with E-state index in [4.69, 9.17) is 4.74 Å². The number of aromatic nitrogens is 1. The Morgan fingerprint density at radius 2 is 2.13 bits per heavy atom. The summed E-state index contributed by atoms with van der Waals surface area (Å²) in [4.78, 5) is 32.1. The predicted octanol–water partition coefficient (Wildman–Crippen LogP) is 3.90. The van der Waals surface area contributed by atoms with Crippen LogP contribution in [-0.4, -0.2) is 47.3 Å². The van der Waals surface area contributed by atoms with Crippen LogP contribution in [0.4, 0.5) is 4.39 Å². The van der Waals surface area contributed by atoms with Gasteiger partial charge in [-0.25, -0.2) is 14.2 Å². The molecule has 2 N–H and O–H groups in total. The maximum Gasteiger partial charge on any atom is 0.337 e. The number of primary amides is 1. The van der Waals surface area contributed by atoms with E-state index in [-0.39, 0.29) is 17.7 Å². The Bertz CT molecular complexity index is 942. The zero-order valence-electron chi connectivity index (χ0n) is 17.3. The Labute approximate surface area is 193 Å². The number of fused-ring (bicyclic) bond motifs is 1. The Hall–Kier alpha value is -2.59. The van der Waals surface area contributed by atoms with Crippen molar-refractivity contribution in [3.8, 4) is 0 Å². The highest BCUT2D eigenvalue weighted by atomic mass is 79.9. The quantitative estimate of drug-likeness (QED) is 0.631. The predicted molar refractivity (Wildman–Crippen MR) is 122 cm³/mol. The minimum atomic E-state index is -0.333. The number of amides is 1. The monoisotopic (exact) mass is 510 g/mol. The molecule has 4 rings (SSSR count). The maximum absolute atomic E-state index is 12.1. The zero-order valence-corrected chi connectivity index (χ0v) is 19.7. The molecule has 3 heterocycles. The summed E-state index contributed by atoms with van der Waals surface area (Å²) in [6.45, 7) is 4.83. The molecule has 0 aliphatic carbocycles. The van der Waals surface area contributed by atoms with Crippen LogP contribution in [0.1, 0.15) is 31.7 Å². The van der Waals surface area contributed by atoms with Crippen LogP contribution in [0.25, 0.3) is 0 Å². The van der Waals surface area contributed by atoms with Gasteiger partial charge in [0, 0.05) is 35.2 Å². The average Bonchev–Trinajstić information content (AvgIpc) is 3.39. The second kappa shape index (κ2) is 12.3. The summed E-state index contributed by atoms with van der Waals surface area (Å²) in [6, 6.07) is 6.26. The Balaban J connectivity index is 0.000000236. The molecule has 31 heavy (non-hydrogen) atoms. The number of ether oxygens (including phenoxy) is 1. The van der Waals surface area contributed by atoms with Gasteiger partial charge in [-0.05, 0) is 38.0 Å². The molecule has 0 saturated carbocycles. The molecule has 166 valence electrons. The lowest BCUT2D eigenvalue weighted by Gasteiger charge is -2.26. The Kier molecular flexibility index (Phi) is 9.80. The number of halogens is 2. The van der Waals surface area contributed by atoms with Crippen molar-refractivity contribution >= 4 is 45.0 Å². The number of amidine groups is 1. The molecular weight excluding hydrogens is 487 g/mol.